The van der Waals surface area contributed by atoms with E-state index in [1.54, 1.807) is 0 Å². The minimum atomic E-state index is -0.670. The SMILES string of the molecule is CCCCCCC/C=C\CCCCCCCC(=O)OCCCCC/C=C\C=C/CCCCCCCCCCCCC(=O)NC(CO)C(O)CCCCCCCCCCCCCC. The molecule has 0 aromatic heterocycles. The van der Waals surface area contributed by atoms with Gasteiger partial charge >= 0.3 is 5.97 Å². The number of carbonyl (C=O) groups excluding carboxylic acids is 2. The molecule has 0 rings (SSSR count). The normalized spacial score (nSPS) is 12.9. The van der Waals surface area contributed by atoms with Crippen LogP contribution >= 0.6 is 0 Å². The maximum atomic E-state index is 12.4. The van der Waals surface area contributed by atoms with Crippen LogP contribution in [-0.4, -0.2) is 47.4 Å². The van der Waals surface area contributed by atoms with E-state index >= 15 is 0 Å². The lowest BCUT2D eigenvalue weighted by Gasteiger charge is -2.22. The van der Waals surface area contributed by atoms with Crippen LogP contribution in [0.2, 0.25) is 0 Å². The zero-order valence-corrected chi connectivity index (χ0v) is 41.4. The third-order valence-electron chi connectivity index (χ3n) is 12.4. The van der Waals surface area contributed by atoms with Crippen molar-refractivity contribution in [2.75, 3.05) is 13.2 Å². The molecular weight excluding hydrogens is 767 g/mol. The zero-order chi connectivity index (χ0) is 45.1. The number of rotatable bonds is 50. The lowest BCUT2D eigenvalue weighted by Crippen LogP contribution is -2.45. The van der Waals surface area contributed by atoms with Gasteiger partial charge in [-0.25, -0.2) is 0 Å². The Morgan fingerprint density at radius 1 is 0.452 bits per heavy atom. The summed E-state index contributed by atoms with van der Waals surface area (Å²) in [5.74, 6) is -0.0683. The summed E-state index contributed by atoms with van der Waals surface area (Å²) in [7, 11) is 0. The van der Waals surface area contributed by atoms with Crippen LogP contribution in [-0.2, 0) is 14.3 Å². The molecule has 2 atom stereocenters. The van der Waals surface area contributed by atoms with Crippen LogP contribution in [0.15, 0.2) is 36.5 Å². The van der Waals surface area contributed by atoms with Crippen molar-refractivity contribution in [3.05, 3.63) is 36.5 Å². The lowest BCUT2D eigenvalue weighted by atomic mass is 10.0. The van der Waals surface area contributed by atoms with Gasteiger partial charge in [-0.3, -0.25) is 9.59 Å². The second-order valence-electron chi connectivity index (χ2n) is 18.6. The van der Waals surface area contributed by atoms with Crippen molar-refractivity contribution in [3.8, 4) is 0 Å². The van der Waals surface area contributed by atoms with Crippen LogP contribution < -0.4 is 5.32 Å². The molecule has 0 aliphatic rings. The number of esters is 1. The Morgan fingerprint density at radius 3 is 1.24 bits per heavy atom. The molecule has 0 saturated heterocycles. The van der Waals surface area contributed by atoms with E-state index in [4.69, 9.17) is 4.74 Å². The highest BCUT2D eigenvalue weighted by Gasteiger charge is 2.20. The number of hydrogen-bond acceptors (Lipinski definition) is 5. The first-order valence-corrected chi connectivity index (χ1v) is 27.3. The number of aliphatic hydroxyl groups is 2. The number of ether oxygens (including phenoxy) is 1. The summed E-state index contributed by atoms with van der Waals surface area (Å²) in [4.78, 5) is 24.4. The molecule has 6 heteroatoms. The van der Waals surface area contributed by atoms with E-state index in [1.807, 2.05) is 0 Å². The van der Waals surface area contributed by atoms with E-state index in [0.717, 1.165) is 70.6 Å². The van der Waals surface area contributed by atoms with Crippen molar-refractivity contribution in [2.45, 2.75) is 296 Å². The first-order valence-electron chi connectivity index (χ1n) is 27.3. The van der Waals surface area contributed by atoms with E-state index in [1.165, 1.54) is 180 Å². The van der Waals surface area contributed by atoms with Crippen molar-refractivity contribution in [1.82, 2.24) is 5.32 Å². The maximum absolute atomic E-state index is 12.4. The van der Waals surface area contributed by atoms with Crippen LogP contribution in [0.25, 0.3) is 0 Å². The summed E-state index contributed by atoms with van der Waals surface area (Å²) in [6.45, 7) is 4.89. The van der Waals surface area contributed by atoms with Gasteiger partial charge in [-0.15, -0.1) is 0 Å². The van der Waals surface area contributed by atoms with E-state index in [0.29, 0.717) is 25.9 Å². The molecule has 0 heterocycles. The number of carbonyl (C=O) groups is 2. The molecule has 0 fully saturated rings. The van der Waals surface area contributed by atoms with Gasteiger partial charge < -0.3 is 20.3 Å². The lowest BCUT2D eigenvalue weighted by molar-refractivity contribution is -0.143. The van der Waals surface area contributed by atoms with Gasteiger partial charge in [0.15, 0.2) is 0 Å². The van der Waals surface area contributed by atoms with Crippen molar-refractivity contribution < 1.29 is 24.5 Å². The molecule has 2 unspecified atom stereocenters. The third-order valence-corrected chi connectivity index (χ3v) is 12.4. The van der Waals surface area contributed by atoms with Gasteiger partial charge in [0.1, 0.15) is 0 Å². The number of hydrogen-bond donors (Lipinski definition) is 3. The molecule has 0 radical (unpaired) electrons. The van der Waals surface area contributed by atoms with E-state index in [-0.39, 0.29) is 18.5 Å². The predicted octanol–water partition coefficient (Wildman–Crippen LogP) is 16.5. The van der Waals surface area contributed by atoms with Crippen molar-refractivity contribution >= 4 is 11.9 Å². The summed E-state index contributed by atoms with van der Waals surface area (Å²) in [5.41, 5.74) is 0. The zero-order valence-electron chi connectivity index (χ0n) is 41.4. The molecule has 3 N–H and O–H groups in total. The van der Waals surface area contributed by atoms with Gasteiger partial charge in [-0.05, 0) is 83.5 Å². The number of amides is 1. The maximum Gasteiger partial charge on any atom is 0.305 e. The highest BCUT2D eigenvalue weighted by molar-refractivity contribution is 5.76. The summed E-state index contributed by atoms with van der Waals surface area (Å²) < 4.78 is 5.44. The first-order chi connectivity index (χ1) is 30.5. The van der Waals surface area contributed by atoms with E-state index in [9.17, 15) is 19.8 Å². The summed E-state index contributed by atoms with van der Waals surface area (Å²) in [5, 5.41) is 23.2. The molecule has 0 aliphatic carbocycles. The average molecular weight is 872 g/mol. The fourth-order valence-corrected chi connectivity index (χ4v) is 8.21. The molecule has 6 nitrogen and oxygen atoms in total. The Morgan fingerprint density at radius 2 is 0.806 bits per heavy atom. The van der Waals surface area contributed by atoms with Gasteiger partial charge in [-0.1, -0.05) is 224 Å². The minimum absolute atomic E-state index is 0.0223. The Bertz CT molecular complexity index is 1010. The fraction of sp³-hybridized carbons (Fsp3) is 0.857. The molecule has 1 amide bonds. The number of aliphatic hydroxyl groups excluding tert-OH is 2. The van der Waals surface area contributed by atoms with Crippen molar-refractivity contribution in [3.63, 3.8) is 0 Å². The van der Waals surface area contributed by atoms with Crippen molar-refractivity contribution in [1.29, 1.82) is 0 Å². The number of nitrogens with one attached hydrogen (secondary N) is 1. The Hall–Kier alpha value is -1.92. The smallest absolute Gasteiger partial charge is 0.305 e. The number of allylic oxidation sites excluding steroid dienone is 6. The number of unbranched alkanes of at least 4 members (excludes halogenated alkanes) is 34. The fourth-order valence-electron chi connectivity index (χ4n) is 8.21. The molecule has 0 spiro atoms. The molecule has 62 heavy (non-hydrogen) atoms. The van der Waals surface area contributed by atoms with Crippen LogP contribution in [0.3, 0.4) is 0 Å². The summed E-state index contributed by atoms with van der Waals surface area (Å²) in [6.07, 6.45) is 62.7. The monoisotopic (exact) mass is 872 g/mol. The first kappa shape index (κ1) is 60.1. The molecule has 0 bridgehead atoms. The quantitative estimate of drug-likeness (QED) is 0.0245. The van der Waals surface area contributed by atoms with Crippen LogP contribution in [0, 0.1) is 0 Å². The van der Waals surface area contributed by atoms with E-state index in [2.05, 4.69) is 55.6 Å². The van der Waals surface area contributed by atoms with Gasteiger partial charge in [0.05, 0.1) is 25.4 Å². The molecule has 0 aliphatic heterocycles. The van der Waals surface area contributed by atoms with Gasteiger partial charge in [0.25, 0.3) is 0 Å². The molecule has 0 aromatic rings. The minimum Gasteiger partial charge on any atom is -0.466 e. The molecule has 0 saturated carbocycles. The van der Waals surface area contributed by atoms with Gasteiger partial charge in [0.2, 0.25) is 5.91 Å². The van der Waals surface area contributed by atoms with Gasteiger partial charge in [0, 0.05) is 12.8 Å². The van der Waals surface area contributed by atoms with Gasteiger partial charge in [-0.2, -0.15) is 0 Å². The van der Waals surface area contributed by atoms with Crippen LogP contribution in [0.5, 0.6) is 0 Å². The molecule has 0 aromatic carbocycles. The third kappa shape index (κ3) is 47.6. The highest BCUT2D eigenvalue weighted by Crippen LogP contribution is 2.16. The Balaban J connectivity index is 3.48. The summed E-state index contributed by atoms with van der Waals surface area (Å²) in [6, 6.07) is -0.548. The standard InChI is InChI=1S/C56H105NO5/c1-3-5-7-9-11-13-15-17-26-30-34-38-42-46-50-56(61)62-51-47-43-39-35-31-27-24-22-20-18-19-21-23-25-29-33-37-41-45-49-55(60)57-53(52-58)54(59)48-44-40-36-32-28-16-14-12-10-8-6-4-2/h15,17,22,24,27,31,53-54,58-59H,3-14,16,18-21,23,25-26,28-30,32-52H2,1-2H3,(H,57,60)/b17-15-,24-22-,31-27-. The second kappa shape index (κ2) is 51.7. The van der Waals surface area contributed by atoms with Crippen LogP contribution in [0.1, 0.15) is 284 Å². The average Bonchev–Trinajstić information content (AvgIpc) is 3.27. The largest absolute Gasteiger partial charge is 0.466 e. The van der Waals surface area contributed by atoms with E-state index < -0.39 is 12.1 Å². The summed E-state index contributed by atoms with van der Waals surface area (Å²) >= 11 is 0. The topological polar surface area (TPSA) is 95.9 Å². The van der Waals surface area contributed by atoms with Crippen molar-refractivity contribution in [2.24, 2.45) is 0 Å². The predicted molar refractivity (Wildman–Crippen MR) is 269 cm³/mol. The molecule has 364 valence electrons. The van der Waals surface area contributed by atoms with Crippen LogP contribution in [0.4, 0.5) is 0 Å². The Labute approximate surface area is 385 Å². The molecular formula is C56H105NO5. The second-order valence-corrected chi connectivity index (χ2v) is 18.6. The highest BCUT2D eigenvalue weighted by atomic mass is 16.5. The Kier molecular flexibility index (Phi) is 50.1.